The molecule has 152 valence electrons. The zero-order chi connectivity index (χ0) is 20.0. The van der Waals surface area contributed by atoms with Gasteiger partial charge in [-0.3, -0.25) is 0 Å². The fourth-order valence-electron chi connectivity index (χ4n) is 4.39. The van der Waals surface area contributed by atoms with Crippen molar-refractivity contribution < 1.29 is 9.47 Å². The Kier molecular flexibility index (Phi) is 6.79. The van der Waals surface area contributed by atoms with Crippen molar-refractivity contribution in [2.75, 3.05) is 20.3 Å². The first-order chi connectivity index (χ1) is 13.5. The van der Waals surface area contributed by atoms with Crippen molar-refractivity contribution in [1.29, 1.82) is 0 Å². The first-order valence-corrected chi connectivity index (χ1v) is 10.5. The zero-order valence-electron chi connectivity index (χ0n) is 17.9. The third-order valence-electron chi connectivity index (χ3n) is 6.42. The largest absolute Gasteiger partial charge is 0.497 e. The van der Waals surface area contributed by atoms with E-state index < -0.39 is 0 Å². The summed E-state index contributed by atoms with van der Waals surface area (Å²) in [5.74, 6) is 0.906. The molecule has 0 bridgehead atoms. The van der Waals surface area contributed by atoms with Crippen molar-refractivity contribution >= 4 is 0 Å². The van der Waals surface area contributed by atoms with E-state index in [9.17, 15) is 0 Å². The molecular formula is C25H35NO2. The predicted octanol–water partition coefficient (Wildman–Crippen LogP) is 5.40. The van der Waals surface area contributed by atoms with Crippen LogP contribution in [0.4, 0.5) is 0 Å². The maximum Gasteiger partial charge on any atom is 0.118 e. The molecule has 28 heavy (non-hydrogen) atoms. The number of ether oxygens (including phenoxy) is 2. The fraction of sp³-hybridized carbons (Fsp3) is 0.520. The molecule has 1 saturated heterocycles. The van der Waals surface area contributed by atoms with Gasteiger partial charge in [0.15, 0.2) is 0 Å². The van der Waals surface area contributed by atoms with Gasteiger partial charge in [-0.25, -0.2) is 0 Å². The summed E-state index contributed by atoms with van der Waals surface area (Å²) in [6.07, 6.45) is 4.37. The maximum absolute atomic E-state index is 6.18. The molecule has 0 unspecified atom stereocenters. The van der Waals surface area contributed by atoms with Crippen molar-refractivity contribution in [2.45, 2.75) is 64.0 Å². The van der Waals surface area contributed by atoms with Gasteiger partial charge in [0.1, 0.15) is 5.75 Å². The van der Waals surface area contributed by atoms with Crippen molar-refractivity contribution in [3.63, 3.8) is 0 Å². The number of hydrogen-bond donors (Lipinski definition) is 1. The fourth-order valence-corrected chi connectivity index (χ4v) is 4.39. The summed E-state index contributed by atoms with van der Waals surface area (Å²) in [4.78, 5) is 0. The quantitative estimate of drug-likeness (QED) is 0.621. The Bertz CT molecular complexity index is 740. The van der Waals surface area contributed by atoms with Gasteiger partial charge in [0, 0.05) is 18.6 Å². The lowest BCUT2D eigenvalue weighted by atomic mass is 9.66. The summed E-state index contributed by atoms with van der Waals surface area (Å²) >= 11 is 0. The number of rotatable bonds is 8. The van der Waals surface area contributed by atoms with Gasteiger partial charge in [-0.2, -0.15) is 0 Å². The Balaban J connectivity index is 1.68. The Hall–Kier alpha value is -1.84. The SMILES string of the molecule is CC[C@@]1(C)C[C@](CCNCc2ccc(OC)cc2)(c2ccc(C)cc2)CCO1. The molecule has 1 heterocycles. The first kappa shape index (κ1) is 20.9. The Morgan fingerprint density at radius 1 is 1.07 bits per heavy atom. The molecule has 0 spiro atoms. The van der Waals surface area contributed by atoms with Crippen LogP contribution in [0.5, 0.6) is 5.75 Å². The normalized spacial score (nSPS) is 24.9. The maximum atomic E-state index is 6.18. The van der Waals surface area contributed by atoms with E-state index in [2.05, 4.69) is 62.5 Å². The third-order valence-corrected chi connectivity index (χ3v) is 6.42. The minimum absolute atomic E-state index is 0.0287. The van der Waals surface area contributed by atoms with Gasteiger partial charge in [0.2, 0.25) is 0 Å². The van der Waals surface area contributed by atoms with Crippen LogP contribution in [0.3, 0.4) is 0 Å². The van der Waals surface area contributed by atoms with Crippen molar-refractivity contribution in [1.82, 2.24) is 5.32 Å². The number of aryl methyl sites for hydroxylation is 1. The predicted molar refractivity (Wildman–Crippen MR) is 116 cm³/mol. The topological polar surface area (TPSA) is 30.5 Å². The number of benzene rings is 2. The molecule has 3 rings (SSSR count). The van der Waals surface area contributed by atoms with E-state index >= 15 is 0 Å². The molecule has 3 nitrogen and oxygen atoms in total. The van der Waals surface area contributed by atoms with Gasteiger partial charge in [-0.05, 0) is 69.3 Å². The highest BCUT2D eigenvalue weighted by Gasteiger charge is 2.43. The molecule has 1 aliphatic rings. The van der Waals surface area contributed by atoms with Crippen LogP contribution in [0, 0.1) is 6.92 Å². The van der Waals surface area contributed by atoms with E-state index in [0.717, 1.165) is 51.1 Å². The Morgan fingerprint density at radius 2 is 1.79 bits per heavy atom. The van der Waals surface area contributed by atoms with Crippen molar-refractivity contribution in [2.24, 2.45) is 0 Å². The van der Waals surface area contributed by atoms with Crippen LogP contribution in [0.25, 0.3) is 0 Å². The van der Waals surface area contributed by atoms with Crippen molar-refractivity contribution in [3.05, 3.63) is 65.2 Å². The van der Waals surface area contributed by atoms with Gasteiger partial charge in [-0.1, -0.05) is 48.9 Å². The molecular weight excluding hydrogens is 346 g/mol. The zero-order valence-corrected chi connectivity index (χ0v) is 17.9. The molecule has 0 saturated carbocycles. The van der Waals surface area contributed by atoms with Gasteiger partial charge >= 0.3 is 0 Å². The third kappa shape index (κ3) is 4.95. The summed E-state index contributed by atoms with van der Waals surface area (Å²) in [6, 6.07) is 17.5. The average molecular weight is 382 g/mol. The van der Waals surface area contributed by atoms with Crippen LogP contribution in [-0.4, -0.2) is 25.9 Å². The van der Waals surface area contributed by atoms with Gasteiger partial charge in [0.05, 0.1) is 12.7 Å². The molecule has 0 aromatic heterocycles. The smallest absolute Gasteiger partial charge is 0.118 e. The van der Waals surface area contributed by atoms with E-state index in [1.807, 2.05) is 12.1 Å². The second kappa shape index (κ2) is 9.11. The molecule has 3 heteroatoms. The molecule has 2 aromatic rings. The highest BCUT2D eigenvalue weighted by molar-refractivity contribution is 5.30. The second-order valence-electron chi connectivity index (χ2n) is 8.50. The Morgan fingerprint density at radius 3 is 2.43 bits per heavy atom. The summed E-state index contributed by atoms with van der Waals surface area (Å²) in [5, 5.41) is 3.66. The minimum atomic E-state index is -0.0287. The summed E-state index contributed by atoms with van der Waals surface area (Å²) in [5.41, 5.74) is 4.23. The molecule has 0 amide bonds. The number of hydrogen-bond acceptors (Lipinski definition) is 3. The second-order valence-corrected chi connectivity index (χ2v) is 8.50. The number of methoxy groups -OCH3 is 1. The van der Waals surface area contributed by atoms with Crippen LogP contribution in [0.15, 0.2) is 48.5 Å². The van der Waals surface area contributed by atoms with Gasteiger partial charge < -0.3 is 14.8 Å². The van der Waals surface area contributed by atoms with E-state index in [1.165, 1.54) is 16.7 Å². The molecule has 1 aliphatic heterocycles. The molecule has 0 radical (unpaired) electrons. The van der Waals surface area contributed by atoms with E-state index in [1.54, 1.807) is 7.11 Å². The average Bonchev–Trinajstić information content (AvgIpc) is 2.72. The highest BCUT2D eigenvalue weighted by atomic mass is 16.5. The lowest BCUT2D eigenvalue weighted by Crippen LogP contribution is -2.46. The lowest BCUT2D eigenvalue weighted by molar-refractivity contribution is -0.0979. The standard InChI is InChI=1S/C25H35NO2/c1-5-24(3)19-25(15-17-28-24,22-10-6-20(2)7-11-22)14-16-26-18-21-8-12-23(27-4)13-9-21/h6-13,26H,5,14-19H2,1-4H3/t24-,25+/m0/s1. The van der Waals surface area contributed by atoms with Crippen molar-refractivity contribution in [3.8, 4) is 5.75 Å². The molecule has 2 aromatic carbocycles. The molecule has 0 aliphatic carbocycles. The van der Waals surface area contributed by atoms with Crippen LogP contribution >= 0.6 is 0 Å². The monoisotopic (exact) mass is 381 g/mol. The van der Waals surface area contributed by atoms with Crippen LogP contribution in [-0.2, 0) is 16.7 Å². The van der Waals surface area contributed by atoms with Gasteiger partial charge in [-0.15, -0.1) is 0 Å². The van der Waals surface area contributed by atoms with Crippen LogP contribution in [0.2, 0.25) is 0 Å². The first-order valence-electron chi connectivity index (χ1n) is 10.5. The molecule has 1 N–H and O–H groups in total. The number of nitrogens with one attached hydrogen (secondary N) is 1. The van der Waals surface area contributed by atoms with E-state index in [4.69, 9.17) is 9.47 Å². The van der Waals surface area contributed by atoms with E-state index in [0.29, 0.717) is 0 Å². The molecule has 1 fully saturated rings. The molecule has 2 atom stereocenters. The van der Waals surface area contributed by atoms with Crippen LogP contribution in [0.1, 0.15) is 56.2 Å². The van der Waals surface area contributed by atoms with E-state index in [-0.39, 0.29) is 11.0 Å². The summed E-state index contributed by atoms with van der Waals surface area (Å²) < 4.78 is 11.4. The Labute approximate surface area is 170 Å². The summed E-state index contributed by atoms with van der Waals surface area (Å²) in [6.45, 7) is 9.41. The van der Waals surface area contributed by atoms with Crippen LogP contribution < -0.4 is 10.1 Å². The lowest BCUT2D eigenvalue weighted by Gasteiger charge is -2.47. The minimum Gasteiger partial charge on any atom is -0.497 e. The summed E-state index contributed by atoms with van der Waals surface area (Å²) in [7, 11) is 1.70. The highest BCUT2D eigenvalue weighted by Crippen LogP contribution is 2.45. The van der Waals surface area contributed by atoms with Gasteiger partial charge in [0.25, 0.3) is 0 Å².